The standard InChI is InChI=1S/C20H18BrF3N6/c21-16-4-6-17(7-5-16)30-19(25-26-27-30)8-9-28-10-12-29(13-11-28)18-3-1-2-15(14-18)20(22,23)24/h1-9,14H,10-13H2/b9-8-. The van der Waals surface area contributed by atoms with Crippen molar-refractivity contribution in [2.75, 3.05) is 31.1 Å². The van der Waals surface area contributed by atoms with E-state index in [4.69, 9.17) is 0 Å². The van der Waals surface area contributed by atoms with Crippen LogP contribution in [0.15, 0.2) is 59.2 Å². The maximum absolute atomic E-state index is 13.0. The predicted molar refractivity (Wildman–Crippen MR) is 111 cm³/mol. The van der Waals surface area contributed by atoms with Crippen molar-refractivity contribution in [1.29, 1.82) is 0 Å². The number of benzene rings is 2. The van der Waals surface area contributed by atoms with Crippen LogP contribution in [-0.4, -0.2) is 51.3 Å². The Bertz CT molecular complexity index is 1020. The zero-order valence-corrected chi connectivity index (χ0v) is 17.4. The number of nitrogens with zero attached hydrogens (tertiary/aromatic N) is 6. The molecule has 1 aromatic heterocycles. The van der Waals surface area contributed by atoms with Gasteiger partial charge in [0.2, 0.25) is 0 Å². The number of tetrazole rings is 1. The Morgan fingerprint density at radius 2 is 1.67 bits per heavy atom. The van der Waals surface area contributed by atoms with E-state index in [1.165, 1.54) is 12.1 Å². The molecule has 4 rings (SSSR count). The minimum absolute atomic E-state index is 0.590. The van der Waals surface area contributed by atoms with E-state index in [1.54, 1.807) is 10.7 Å². The van der Waals surface area contributed by atoms with Gasteiger partial charge in [0.25, 0.3) is 0 Å². The molecule has 2 heterocycles. The van der Waals surface area contributed by atoms with Crippen LogP contribution in [0.5, 0.6) is 0 Å². The smallest absolute Gasteiger partial charge is 0.374 e. The highest BCUT2D eigenvalue weighted by molar-refractivity contribution is 9.10. The summed E-state index contributed by atoms with van der Waals surface area (Å²) in [5, 5.41) is 11.8. The molecule has 10 heteroatoms. The Hall–Kier alpha value is -2.88. The monoisotopic (exact) mass is 478 g/mol. The van der Waals surface area contributed by atoms with Gasteiger partial charge in [0, 0.05) is 48.6 Å². The Labute approximate surface area is 179 Å². The number of alkyl halides is 3. The van der Waals surface area contributed by atoms with E-state index in [0.29, 0.717) is 37.7 Å². The fourth-order valence-corrected chi connectivity index (χ4v) is 3.51. The number of hydrogen-bond acceptors (Lipinski definition) is 5. The van der Waals surface area contributed by atoms with Gasteiger partial charge in [-0.05, 0) is 52.9 Å². The van der Waals surface area contributed by atoms with Gasteiger partial charge in [0.05, 0.1) is 11.3 Å². The first kappa shape index (κ1) is 20.4. The summed E-state index contributed by atoms with van der Waals surface area (Å²) in [7, 11) is 0. The lowest BCUT2D eigenvalue weighted by Crippen LogP contribution is -2.44. The minimum atomic E-state index is -4.33. The highest BCUT2D eigenvalue weighted by atomic mass is 79.9. The fraction of sp³-hybridized carbons (Fsp3) is 0.250. The van der Waals surface area contributed by atoms with E-state index >= 15 is 0 Å². The van der Waals surface area contributed by atoms with Crippen molar-refractivity contribution in [1.82, 2.24) is 25.1 Å². The maximum Gasteiger partial charge on any atom is 0.416 e. The van der Waals surface area contributed by atoms with E-state index in [-0.39, 0.29) is 0 Å². The second-order valence-corrected chi connectivity index (χ2v) is 7.73. The summed E-state index contributed by atoms with van der Waals surface area (Å²) in [5.74, 6) is 0.595. The second kappa shape index (κ2) is 8.47. The third-order valence-electron chi connectivity index (χ3n) is 4.85. The van der Waals surface area contributed by atoms with Crippen LogP contribution in [0.3, 0.4) is 0 Å². The van der Waals surface area contributed by atoms with Crippen LogP contribution in [0.4, 0.5) is 18.9 Å². The molecule has 0 saturated carbocycles. The van der Waals surface area contributed by atoms with Crippen LogP contribution in [0.25, 0.3) is 11.8 Å². The number of halogens is 4. The second-order valence-electron chi connectivity index (χ2n) is 6.81. The summed E-state index contributed by atoms with van der Waals surface area (Å²) in [4.78, 5) is 4.07. The Morgan fingerprint density at radius 3 is 2.37 bits per heavy atom. The molecule has 0 N–H and O–H groups in total. The quantitative estimate of drug-likeness (QED) is 0.561. The molecular weight excluding hydrogens is 461 g/mol. The predicted octanol–water partition coefficient (Wildman–Crippen LogP) is 4.24. The van der Waals surface area contributed by atoms with Gasteiger partial charge in [-0.1, -0.05) is 22.0 Å². The Morgan fingerprint density at radius 1 is 0.933 bits per heavy atom. The van der Waals surface area contributed by atoms with Gasteiger partial charge in [-0.3, -0.25) is 0 Å². The number of aromatic nitrogens is 4. The van der Waals surface area contributed by atoms with E-state index in [0.717, 1.165) is 16.2 Å². The number of piperazine rings is 1. The molecule has 1 fully saturated rings. The van der Waals surface area contributed by atoms with E-state index in [1.807, 2.05) is 41.4 Å². The largest absolute Gasteiger partial charge is 0.416 e. The molecule has 1 aliphatic rings. The van der Waals surface area contributed by atoms with Crippen molar-refractivity contribution in [3.8, 4) is 5.69 Å². The molecule has 0 spiro atoms. The summed E-state index contributed by atoms with van der Waals surface area (Å²) in [5.41, 5.74) is 0.812. The third-order valence-corrected chi connectivity index (χ3v) is 5.38. The number of hydrogen-bond donors (Lipinski definition) is 0. The first-order valence-electron chi connectivity index (χ1n) is 9.29. The van der Waals surface area contributed by atoms with Gasteiger partial charge in [-0.15, -0.1) is 5.10 Å². The van der Waals surface area contributed by atoms with Crippen LogP contribution in [0.2, 0.25) is 0 Å². The zero-order valence-electron chi connectivity index (χ0n) is 15.8. The van der Waals surface area contributed by atoms with Crippen molar-refractivity contribution >= 4 is 27.7 Å². The number of rotatable bonds is 4. The van der Waals surface area contributed by atoms with Crippen molar-refractivity contribution in [3.05, 3.63) is 70.6 Å². The lowest BCUT2D eigenvalue weighted by Gasteiger charge is -2.35. The van der Waals surface area contributed by atoms with E-state index < -0.39 is 11.7 Å². The molecule has 6 nitrogen and oxygen atoms in total. The first-order chi connectivity index (χ1) is 14.4. The molecule has 0 atom stereocenters. The lowest BCUT2D eigenvalue weighted by molar-refractivity contribution is -0.137. The average Bonchev–Trinajstić information content (AvgIpc) is 3.21. The molecule has 0 unspecified atom stereocenters. The van der Waals surface area contributed by atoms with Gasteiger partial charge in [-0.25, -0.2) is 0 Å². The molecule has 0 radical (unpaired) electrons. The molecule has 0 bridgehead atoms. The third kappa shape index (κ3) is 4.64. The lowest BCUT2D eigenvalue weighted by atomic mass is 10.1. The summed E-state index contributed by atoms with van der Waals surface area (Å²) < 4.78 is 41.5. The molecular formula is C20H18BrF3N6. The fourth-order valence-electron chi connectivity index (χ4n) is 3.24. The average molecular weight is 479 g/mol. The van der Waals surface area contributed by atoms with Crippen LogP contribution in [-0.2, 0) is 6.18 Å². The van der Waals surface area contributed by atoms with Crippen molar-refractivity contribution in [2.24, 2.45) is 0 Å². The van der Waals surface area contributed by atoms with Crippen molar-refractivity contribution in [3.63, 3.8) is 0 Å². The zero-order chi connectivity index (χ0) is 21.1. The number of anilines is 1. The van der Waals surface area contributed by atoms with Gasteiger partial charge < -0.3 is 9.80 Å². The Kier molecular flexibility index (Phi) is 5.76. The molecule has 0 aliphatic carbocycles. The Balaban J connectivity index is 1.40. The summed E-state index contributed by atoms with van der Waals surface area (Å²) in [6, 6.07) is 13.1. The summed E-state index contributed by atoms with van der Waals surface area (Å²) >= 11 is 3.40. The maximum atomic E-state index is 13.0. The van der Waals surface area contributed by atoms with E-state index in [2.05, 4.69) is 36.4 Å². The topological polar surface area (TPSA) is 50.1 Å². The molecule has 2 aromatic carbocycles. The molecule has 3 aromatic rings. The van der Waals surface area contributed by atoms with Crippen molar-refractivity contribution < 1.29 is 13.2 Å². The van der Waals surface area contributed by atoms with Crippen molar-refractivity contribution in [2.45, 2.75) is 6.18 Å². The van der Waals surface area contributed by atoms with Crippen LogP contribution < -0.4 is 4.90 Å². The van der Waals surface area contributed by atoms with Gasteiger partial charge >= 0.3 is 6.18 Å². The van der Waals surface area contributed by atoms with Gasteiger partial charge in [0.1, 0.15) is 0 Å². The summed E-state index contributed by atoms with van der Waals surface area (Å²) in [6.07, 6.45) is -0.577. The summed E-state index contributed by atoms with van der Waals surface area (Å²) in [6.45, 7) is 2.63. The molecule has 1 saturated heterocycles. The highest BCUT2D eigenvalue weighted by Crippen LogP contribution is 2.31. The highest BCUT2D eigenvalue weighted by Gasteiger charge is 2.31. The normalized spacial score (nSPS) is 15.2. The molecule has 1 aliphatic heterocycles. The van der Waals surface area contributed by atoms with Gasteiger partial charge in [0.15, 0.2) is 5.82 Å². The minimum Gasteiger partial charge on any atom is -0.374 e. The molecule has 30 heavy (non-hydrogen) atoms. The van der Waals surface area contributed by atoms with Crippen LogP contribution in [0.1, 0.15) is 11.4 Å². The molecule has 156 valence electrons. The van der Waals surface area contributed by atoms with Gasteiger partial charge in [-0.2, -0.15) is 17.9 Å². The SMILES string of the molecule is FC(F)(F)c1cccc(N2CCN(/C=C\c3nnnn3-c3ccc(Br)cc3)CC2)c1. The van der Waals surface area contributed by atoms with Crippen LogP contribution >= 0.6 is 15.9 Å². The van der Waals surface area contributed by atoms with Crippen LogP contribution in [0, 0.1) is 0 Å². The first-order valence-corrected chi connectivity index (χ1v) is 10.1. The van der Waals surface area contributed by atoms with E-state index in [9.17, 15) is 13.2 Å². The molecule has 0 amide bonds.